The number of hydrogen-bond donors (Lipinski definition) is 0. The minimum Gasteiger partial charge on any atom is -0.748 e. The molecule has 0 spiro atoms. The van der Waals surface area contributed by atoms with Crippen LogP contribution in [0.4, 0.5) is 0 Å². The molecule has 0 heterocycles. The van der Waals surface area contributed by atoms with Crippen molar-refractivity contribution < 1.29 is 107 Å². The van der Waals surface area contributed by atoms with Crippen LogP contribution in [-0.2, 0) is 20.2 Å². The van der Waals surface area contributed by atoms with Gasteiger partial charge in [0, 0.05) is 12.5 Å². The van der Waals surface area contributed by atoms with Crippen LogP contribution in [-0.4, -0.2) is 38.5 Å². The third kappa shape index (κ3) is 271. The molecule has 0 aromatic carbocycles. The quantitative estimate of drug-likeness (QED) is 0.312. The maximum Gasteiger partial charge on any atom is 1.00 e. The Kier molecular flexibility index (Phi) is 19.9. The minimum absolute atomic E-state index is 0. The normalized spacial score (nSPS) is 9.67. The topological polar surface area (TPSA) is 114 Å². The van der Waals surface area contributed by atoms with Crippen LogP contribution >= 0.6 is 0 Å². The second-order valence-corrected chi connectivity index (χ2v) is 4.22. The molecule has 0 aromatic rings. The van der Waals surface area contributed by atoms with E-state index in [2.05, 4.69) is 0 Å². The third-order valence-corrected chi connectivity index (χ3v) is 0. The van der Waals surface area contributed by atoms with Crippen LogP contribution in [0.1, 0.15) is 0 Å². The molecule has 0 radical (unpaired) electrons. The zero-order valence-corrected chi connectivity index (χ0v) is 14.0. The average Bonchev–Trinajstić information content (AvgIpc) is 1.12. The molecular weight excluding hydrogens is 246 g/mol. The Hall–Kier alpha value is 2.46. The SMILES string of the molecule is CS(=O)(=O)[O-].CS(=O)(=O)[O-].[K+].[Na+]. The van der Waals surface area contributed by atoms with Gasteiger partial charge in [-0.1, -0.05) is 0 Å². The van der Waals surface area contributed by atoms with E-state index in [-0.39, 0.29) is 80.9 Å². The van der Waals surface area contributed by atoms with Gasteiger partial charge in [-0.25, -0.2) is 16.8 Å². The van der Waals surface area contributed by atoms with Crippen molar-refractivity contribution in [3.8, 4) is 0 Å². The van der Waals surface area contributed by atoms with E-state index in [1.165, 1.54) is 0 Å². The largest absolute Gasteiger partial charge is 1.00 e. The van der Waals surface area contributed by atoms with E-state index in [1.807, 2.05) is 0 Å². The molecule has 0 aliphatic heterocycles. The summed E-state index contributed by atoms with van der Waals surface area (Å²) in [4.78, 5) is 0. The first-order valence-corrected chi connectivity index (χ1v) is 5.45. The summed E-state index contributed by atoms with van der Waals surface area (Å²) in [5.41, 5.74) is 0. The Labute approximate surface area is 137 Å². The summed E-state index contributed by atoms with van der Waals surface area (Å²) in [5, 5.41) is 0. The summed E-state index contributed by atoms with van der Waals surface area (Å²) < 4.78 is 54.5. The van der Waals surface area contributed by atoms with Crippen molar-refractivity contribution in [2.45, 2.75) is 0 Å². The monoisotopic (exact) mass is 252 g/mol. The van der Waals surface area contributed by atoms with Gasteiger partial charge in [0.1, 0.15) is 0 Å². The van der Waals surface area contributed by atoms with Crippen LogP contribution in [0.3, 0.4) is 0 Å². The number of rotatable bonds is 0. The summed E-state index contributed by atoms with van der Waals surface area (Å²) in [7, 11) is -7.83. The maximum atomic E-state index is 9.08. The van der Waals surface area contributed by atoms with Crippen molar-refractivity contribution in [2.75, 3.05) is 12.5 Å². The van der Waals surface area contributed by atoms with Gasteiger partial charge in [0.05, 0.1) is 20.2 Å². The molecule has 0 unspecified atom stereocenters. The van der Waals surface area contributed by atoms with Gasteiger partial charge < -0.3 is 9.11 Å². The molecular formula is C2H6KNaO6S2. The van der Waals surface area contributed by atoms with Gasteiger partial charge in [0.15, 0.2) is 0 Å². The first-order chi connectivity index (χ1) is 4.00. The molecule has 10 heteroatoms. The molecule has 0 atom stereocenters. The molecule has 6 nitrogen and oxygen atoms in total. The molecule has 0 amide bonds. The van der Waals surface area contributed by atoms with Crippen LogP contribution in [0, 0.1) is 0 Å². The van der Waals surface area contributed by atoms with Crippen LogP contribution < -0.4 is 80.9 Å². The number of hydrogen-bond acceptors (Lipinski definition) is 6. The fourth-order valence-corrected chi connectivity index (χ4v) is 0. The molecule has 0 aromatic heterocycles. The van der Waals surface area contributed by atoms with Crippen molar-refractivity contribution in [1.29, 1.82) is 0 Å². The molecule has 0 N–H and O–H groups in total. The molecule has 64 valence electrons. The van der Waals surface area contributed by atoms with E-state index in [0.29, 0.717) is 12.5 Å². The Morgan fingerprint density at radius 2 is 0.833 bits per heavy atom. The molecule has 0 rings (SSSR count). The molecule has 0 fully saturated rings. The molecule has 0 saturated heterocycles. The van der Waals surface area contributed by atoms with Gasteiger partial charge in [-0.15, -0.1) is 0 Å². The van der Waals surface area contributed by atoms with E-state index in [4.69, 9.17) is 25.9 Å². The van der Waals surface area contributed by atoms with E-state index >= 15 is 0 Å². The van der Waals surface area contributed by atoms with E-state index in [1.54, 1.807) is 0 Å². The maximum absolute atomic E-state index is 9.08. The van der Waals surface area contributed by atoms with E-state index in [0.717, 1.165) is 0 Å². The molecule has 0 aliphatic carbocycles. The zero-order valence-electron chi connectivity index (χ0n) is 7.27. The first-order valence-electron chi connectivity index (χ1n) is 1.82. The molecule has 0 bridgehead atoms. The van der Waals surface area contributed by atoms with Gasteiger partial charge in [-0.3, -0.25) is 0 Å². The van der Waals surface area contributed by atoms with Gasteiger partial charge >= 0.3 is 80.9 Å². The van der Waals surface area contributed by atoms with E-state index < -0.39 is 20.2 Å². The van der Waals surface area contributed by atoms with Crippen LogP contribution in [0.15, 0.2) is 0 Å². The first kappa shape index (κ1) is 23.9. The van der Waals surface area contributed by atoms with Gasteiger partial charge in [0.2, 0.25) is 0 Å². The predicted molar refractivity (Wildman–Crippen MR) is 31.2 cm³/mol. The fraction of sp³-hybridized carbons (Fsp3) is 1.00. The van der Waals surface area contributed by atoms with Crippen molar-refractivity contribution >= 4 is 20.2 Å². The van der Waals surface area contributed by atoms with Crippen molar-refractivity contribution in [1.82, 2.24) is 0 Å². The summed E-state index contributed by atoms with van der Waals surface area (Å²) in [6.45, 7) is 0. The Bertz CT molecular complexity index is 220. The minimum atomic E-state index is -3.92. The zero-order chi connectivity index (χ0) is 9.00. The molecule has 12 heavy (non-hydrogen) atoms. The van der Waals surface area contributed by atoms with Crippen molar-refractivity contribution in [3.63, 3.8) is 0 Å². The molecule has 0 aliphatic rings. The van der Waals surface area contributed by atoms with Crippen molar-refractivity contribution in [3.05, 3.63) is 0 Å². The smallest absolute Gasteiger partial charge is 0.748 e. The van der Waals surface area contributed by atoms with Gasteiger partial charge in [-0.05, 0) is 0 Å². The Balaban J connectivity index is -0.0000000457. The van der Waals surface area contributed by atoms with Crippen molar-refractivity contribution in [2.24, 2.45) is 0 Å². The summed E-state index contributed by atoms with van der Waals surface area (Å²) in [6, 6.07) is 0. The van der Waals surface area contributed by atoms with E-state index in [9.17, 15) is 0 Å². The summed E-state index contributed by atoms with van der Waals surface area (Å²) in [5.74, 6) is 0. The van der Waals surface area contributed by atoms with Gasteiger partial charge in [0.25, 0.3) is 0 Å². The average molecular weight is 252 g/mol. The van der Waals surface area contributed by atoms with Crippen LogP contribution in [0.2, 0.25) is 0 Å². The van der Waals surface area contributed by atoms with Crippen LogP contribution in [0.5, 0.6) is 0 Å². The fourth-order valence-electron chi connectivity index (χ4n) is 0. The standard InChI is InChI=1S/2CH4O3S.K.Na/c2*1-5(2,3)4;;/h2*1H3,(H,2,3,4);;/q;;2*+1/p-2. The second-order valence-electron chi connectivity index (χ2n) is 1.41. The second kappa shape index (κ2) is 9.99. The Morgan fingerprint density at radius 3 is 0.833 bits per heavy atom. The summed E-state index contributed by atoms with van der Waals surface area (Å²) >= 11 is 0. The third-order valence-electron chi connectivity index (χ3n) is 0. The Morgan fingerprint density at radius 1 is 0.833 bits per heavy atom. The van der Waals surface area contributed by atoms with Crippen LogP contribution in [0.25, 0.3) is 0 Å². The predicted octanol–water partition coefficient (Wildman–Crippen LogP) is -7.67. The molecule has 0 saturated carbocycles. The van der Waals surface area contributed by atoms with Gasteiger partial charge in [-0.2, -0.15) is 0 Å². The summed E-state index contributed by atoms with van der Waals surface area (Å²) in [6.07, 6.45) is 1.21.